The quantitative estimate of drug-likeness (QED) is 0.547. The number of hydrogen-bond donors (Lipinski definition) is 2. The second kappa shape index (κ2) is 10.6. The third kappa shape index (κ3) is 5.57. The number of hydrogen-bond acceptors (Lipinski definition) is 8. The third-order valence-corrected chi connectivity index (χ3v) is 9.98. The number of nitrogens with zero attached hydrogens (tertiary/aromatic N) is 3. The van der Waals surface area contributed by atoms with Crippen LogP contribution >= 0.6 is 11.3 Å². The smallest absolute Gasteiger partial charge is 0.394 e. The molecule has 8 nitrogen and oxygen atoms in total. The van der Waals surface area contributed by atoms with E-state index < -0.39 is 21.8 Å². The Labute approximate surface area is 212 Å². The van der Waals surface area contributed by atoms with Gasteiger partial charge in [0.25, 0.3) is 10.0 Å². The zero-order chi connectivity index (χ0) is 26.1. The second-order valence-electron chi connectivity index (χ2n) is 9.19. The Morgan fingerprint density at radius 1 is 1.11 bits per heavy atom. The number of rotatable bonds is 7. The number of thiophene rings is 1. The highest BCUT2D eigenvalue weighted by molar-refractivity contribution is 7.91. The van der Waals surface area contributed by atoms with Crippen LogP contribution in [-0.2, 0) is 20.4 Å². The summed E-state index contributed by atoms with van der Waals surface area (Å²) in [6, 6.07) is 8.53. The van der Waals surface area contributed by atoms with E-state index in [-0.39, 0.29) is 41.6 Å². The van der Waals surface area contributed by atoms with Gasteiger partial charge in [-0.25, -0.2) is 8.42 Å². The summed E-state index contributed by atoms with van der Waals surface area (Å²) in [4.78, 5) is 4.10. The molecule has 200 valence electrons. The van der Waals surface area contributed by atoms with Gasteiger partial charge in [-0.2, -0.15) is 17.5 Å². The number of ether oxygens (including phenoxy) is 1. The average molecular weight is 550 g/mol. The van der Waals surface area contributed by atoms with Crippen LogP contribution in [0, 0.1) is 0 Å². The molecule has 13 heteroatoms. The predicted molar refractivity (Wildman–Crippen MR) is 130 cm³/mol. The summed E-state index contributed by atoms with van der Waals surface area (Å²) in [5.41, 5.74) is -2.61. The number of morpholine rings is 1. The van der Waals surface area contributed by atoms with Crippen molar-refractivity contribution in [3.05, 3.63) is 47.3 Å². The summed E-state index contributed by atoms with van der Waals surface area (Å²) in [5.74, 6) is 0. The van der Waals surface area contributed by atoms with Gasteiger partial charge in [-0.3, -0.25) is 4.90 Å². The lowest BCUT2D eigenvalue weighted by Crippen LogP contribution is -2.59. The highest BCUT2D eigenvalue weighted by Gasteiger charge is 2.51. The second-order valence-corrected chi connectivity index (χ2v) is 12.3. The summed E-state index contributed by atoms with van der Waals surface area (Å²) >= 11 is 1.15. The van der Waals surface area contributed by atoms with E-state index in [2.05, 4.69) is 4.90 Å². The molecule has 0 radical (unpaired) electrons. The van der Waals surface area contributed by atoms with Gasteiger partial charge in [0.2, 0.25) is 0 Å². The molecular weight excluding hydrogens is 519 g/mol. The van der Waals surface area contributed by atoms with E-state index in [1.54, 1.807) is 17.5 Å². The minimum Gasteiger partial charge on any atom is -0.394 e. The zero-order valence-electron chi connectivity index (χ0n) is 19.8. The summed E-state index contributed by atoms with van der Waals surface area (Å²) in [6.45, 7) is 3.40. The first kappa shape index (κ1) is 27.3. The first-order valence-electron chi connectivity index (χ1n) is 11.6. The number of anilines is 1. The molecule has 0 saturated carbocycles. The van der Waals surface area contributed by atoms with Gasteiger partial charge in [0.05, 0.1) is 25.4 Å². The molecular formula is C23H30F3N3O5S2. The molecule has 0 bridgehead atoms. The van der Waals surface area contributed by atoms with Gasteiger partial charge >= 0.3 is 6.18 Å². The van der Waals surface area contributed by atoms with Crippen LogP contribution in [0.5, 0.6) is 0 Å². The molecule has 3 atom stereocenters. The van der Waals surface area contributed by atoms with E-state index in [9.17, 15) is 31.8 Å². The molecule has 1 aromatic heterocycles. The van der Waals surface area contributed by atoms with Crippen molar-refractivity contribution < 1.29 is 36.5 Å². The molecule has 0 amide bonds. The molecule has 4 rings (SSSR count). The highest BCUT2D eigenvalue weighted by atomic mass is 32.2. The monoisotopic (exact) mass is 549 g/mol. The van der Waals surface area contributed by atoms with Crippen molar-refractivity contribution in [3.63, 3.8) is 0 Å². The Hall–Kier alpha value is -1.74. The molecule has 2 N–H and O–H groups in total. The topological polar surface area (TPSA) is 93.6 Å². The van der Waals surface area contributed by atoms with Gasteiger partial charge in [0.1, 0.15) is 4.21 Å². The van der Waals surface area contributed by atoms with E-state index in [1.165, 1.54) is 28.6 Å². The summed E-state index contributed by atoms with van der Waals surface area (Å²) in [6.07, 6.45) is -5.15. The van der Waals surface area contributed by atoms with Gasteiger partial charge in [-0.1, -0.05) is 18.2 Å². The van der Waals surface area contributed by atoms with Crippen molar-refractivity contribution in [1.82, 2.24) is 9.21 Å². The SMILES string of the molecule is C[C@](O)(c1ccc(N2CCN(S(=O)(=O)c3cccs3)C[C@@H]2CN2CCO[C@@H](CO)C2)cc1)C(F)(F)F. The minimum absolute atomic E-state index is 0.121. The number of aliphatic hydroxyl groups is 2. The maximum atomic E-state index is 13.3. The highest BCUT2D eigenvalue weighted by Crippen LogP contribution is 2.39. The van der Waals surface area contributed by atoms with Crippen molar-refractivity contribution in [2.75, 3.05) is 57.4 Å². The molecule has 1 aromatic carbocycles. The Bertz CT molecular complexity index is 1110. The van der Waals surface area contributed by atoms with Crippen molar-refractivity contribution in [2.24, 2.45) is 0 Å². The molecule has 36 heavy (non-hydrogen) atoms. The molecule has 2 aromatic rings. The van der Waals surface area contributed by atoms with Crippen molar-refractivity contribution in [2.45, 2.75) is 35.1 Å². The summed E-state index contributed by atoms with van der Waals surface area (Å²) in [7, 11) is -3.67. The van der Waals surface area contributed by atoms with Crippen LogP contribution in [0.2, 0.25) is 0 Å². The van der Waals surface area contributed by atoms with Gasteiger partial charge in [0.15, 0.2) is 5.60 Å². The number of piperazine rings is 1. The lowest BCUT2D eigenvalue weighted by molar-refractivity contribution is -0.258. The summed E-state index contributed by atoms with van der Waals surface area (Å²) in [5, 5.41) is 21.2. The minimum atomic E-state index is -4.82. The van der Waals surface area contributed by atoms with Gasteiger partial charge < -0.3 is 19.8 Å². The lowest BCUT2D eigenvalue weighted by atomic mass is 9.95. The number of aliphatic hydroxyl groups excluding tert-OH is 1. The number of halogens is 3. The van der Waals surface area contributed by atoms with Crippen LogP contribution in [0.25, 0.3) is 0 Å². The fraction of sp³-hybridized carbons (Fsp3) is 0.565. The largest absolute Gasteiger partial charge is 0.421 e. The third-order valence-electron chi connectivity index (χ3n) is 6.74. The van der Waals surface area contributed by atoms with Crippen LogP contribution in [0.3, 0.4) is 0 Å². The fourth-order valence-electron chi connectivity index (χ4n) is 4.57. The van der Waals surface area contributed by atoms with Crippen LogP contribution < -0.4 is 4.90 Å². The number of sulfonamides is 1. The van der Waals surface area contributed by atoms with E-state index >= 15 is 0 Å². The van der Waals surface area contributed by atoms with E-state index in [0.717, 1.165) is 18.3 Å². The van der Waals surface area contributed by atoms with Crippen LogP contribution in [0.15, 0.2) is 46.0 Å². The summed E-state index contributed by atoms with van der Waals surface area (Å²) < 4.78 is 73.5. The Morgan fingerprint density at radius 3 is 2.44 bits per heavy atom. The Balaban J connectivity index is 1.59. The lowest BCUT2D eigenvalue weighted by Gasteiger charge is -2.45. The first-order valence-corrected chi connectivity index (χ1v) is 13.9. The van der Waals surface area contributed by atoms with Crippen molar-refractivity contribution >= 4 is 27.0 Å². The molecule has 2 fully saturated rings. The van der Waals surface area contributed by atoms with E-state index in [0.29, 0.717) is 38.5 Å². The Kier molecular flexibility index (Phi) is 8.01. The van der Waals surface area contributed by atoms with Crippen LogP contribution in [-0.4, -0.2) is 98.6 Å². The first-order chi connectivity index (χ1) is 16.9. The van der Waals surface area contributed by atoms with Gasteiger partial charge in [0, 0.05) is 45.0 Å². The van der Waals surface area contributed by atoms with Gasteiger partial charge in [-0.15, -0.1) is 11.3 Å². The average Bonchev–Trinajstić information content (AvgIpc) is 3.40. The molecule has 2 aliphatic rings. The molecule has 2 aliphatic heterocycles. The molecule has 3 heterocycles. The normalized spacial score (nSPS) is 24.6. The Morgan fingerprint density at radius 2 is 1.83 bits per heavy atom. The maximum absolute atomic E-state index is 13.3. The maximum Gasteiger partial charge on any atom is 0.421 e. The molecule has 2 saturated heterocycles. The predicted octanol–water partition coefficient (Wildman–Crippen LogP) is 2.09. The molecule has 0 aliphatic carbocycles. The zero-order valence-corrected chi connectivity index (χ0v) is 21.4. The van der Waals surface area contributed by atoms with Crippen molar-refractivity contribution in [3.8, 4) is 0 Å². The van der Waals surface area contributed by atoms with Crippen molar-refractivity contribution in [1.29, 1.82) is 0 Å². The molecule has 0 spiro atoms. The van der Waals surface area contributed by atoms with Crippen LogP contribution in [0.1, 0.15) is 12.5 Å². The van der Waals surface area contributed by atoms with Crippen LogP contribution in [0.4, 0.5) is 18.9 Å². The van der Waals surface area contributed by atoms with Gasteiger partial charge in [-0.05, 0) is 36.1 Å². The fourth-order valence-corrected chi connectivity index (χ4v) is 7.19. The van der Waals surface area contributed by atoms with E-state index in [4.69, 9.17) is 4.74 Å². The molecule has 0 unspecified atom stereocenters. The van der Waals surface area contributed by atoms with E-state index in [1.807, 2.05) is 4.90 Å². The number of benzene rings is 1. The number of alkyl halides is 3. The standard InChI is InChI=1S/C23H30F3N3O5S2/c1-22(31,23(24,25)26)17-4-6-18(7-5-17)29-9-8-28(36(32,33)21-3-2-12-35-21)14-19(29)13-27-10-11-34-20(15-27)16-30/h2-7,12,19-20,30-31H,8-11,13-16H2,1H3/t19-,20+,22-/m0/s1.